The van der Waals surface area contributed by atoms with Gasteiger partial charge in [0.05, 0.1) is 6.04 Å². The molecule has 1 fully saturated rings. The molecule has 60 valence electrons. The van der Waals surface area contributed by atoms with Crippen LogP contribution in [-0.2, 0) is 0 Å². The second-order valence-corrected chi connectivity index (χ2v) is 3.93. The van der Waals surface area contributed by atoms with Gasteiger partial charge >= 0.3 is 0 Å². The number of nitrogens with one attached hydrogen (secondary N) is 2. The Bertz CT molecular complexity index is 236. The maximum Gasteiger partial charge on any atom is 0.0537 e. The third-order valence-electron chi connectivity index (χ3n) is 2.48. The lowest BCUT2D eigenvalue weighted by Gasteiger charge is -2.45. The zero-order chi connectivity index (χ0) is 7.90. The van der Waals surface area contributed by atoms with Crippen molar-refractivity contribution >= 4 is 0 Å². The molecule has 11 heavy (non-hydrogen) atoms. The molecule has 2 heteroatoms. The molecule has 0 amide bonds. The van der Waals surface area contributed by atoms with E-state index in [4.69, 9.17) is 0 Å². The van der Waals surface area contributed by atoms with Crippen molar-refractivity contribution in [1.82, 2.24) is 10.3 Å². The van der Waals surface area contributed by atoms with Crippen molar-refractivity contribution in [2.24, 2.45) is 5.41 Å². The summed E-state index contributed by atoms with van der Waals surface area (Å²) in [7, 11) is 0. The van der Waals surface area contributed by atoms with Crippen molar-refractivity contribution in [3.8, 4) is 0 Å². The van der Waals surface area contributed by atoms with Gasteiger partial charge in [0.2, 0.25) is 0 Å². The van der Waals surface area contributed by atoms with Crippen molar-refractivity contribution in [2.75, 3.05) is 6.54 Å². The Balaban J connectivity index is 2.20. The van der Waals surface area contributed by atoms with Gasteiger partial charge in [0.15, 0.2) is 0 Å². The Morgan fingerprint density at radius 1 is 1.55 bits per heavy atom. The molecule has 1 unspecified atom stereocenters. The van der Waals surface area contributed by atoms with Gasteiger partial charge in [-0.2, -0.15) is 0 Å². The predicted molar refractivity (Wildman–Crippen MR) is 45.3 cm³/mol. The van der Waals surface area contributed by atoms with E-state index in [2.05, 4.69) is 30.2 Å². The first kappa shape index (κ1) is 6.92. The standard InChI is InChI=1S/C9H14N2/c1-9(2)6-11-8(9)7-4-3-5-10-7/h3-5,8,10-11H,6H2,1-2H3. The third-order valence-corrected chi connectivity index (χ3v) is 2.48. The maximum atomic E-state index is 3.41. The molecule has 0 spiro atoms. The van der Waals surface area contributed by atoms with E-state index >= 15 is 0 Å². The summed E-state index contributed by atoms with van der Waals surface area (Å²) in [6, 6.07) is 4.71. The summed E-state index contributed by atoms with van der Waals surface area (Å²) in [5.41, 5.74) is 1.73. The Kier molecular flexibility index (Phi) is 1.33. The Hall–Kier alpha value is -0.760. The first-order valence-electron chi connectivity index (χ1n) is 4.07. The minimum atomic E-state index is 0.421. The molecule has 0 bridgehead atoms. The molecule has 2 rings (SSSR count). The van der Waals surface area contributed by atoms with Crippen LogP contribution in [0.2, 0.25) is 0 Å². The minimum Gasteiger partial charge on any atom is -0.364 e. The Labute approximate surface area is 67.0 Å². The van der Waals surface area contributed by atoms with Crippen LogP contribution in [0.3, 0.4) is 0 Å². The number of H-pyrrole nitrogens is 1. The largest absolute Gasteiger partial charge is 0.364 e. The zero-order valence-corrected chi connectivity index (χ0v) is 7.02. The van der Waals surface area contributed by atoms with Crippen LogP contribution in [-0.4, -0.2) is 11.5 Å². The highest BCUT2D eigenvalue weighted by Gasteiger charge is 2.39. The number of rotatable bonds is 1. The van der Waals surface area contributed by atoms with Crippen molar-refractivity contribution in [1.29, 1.82) is 0 Å². The summed E-state index contributed by atoms with van der Waals surface area (Å²) in [6.45, 7) is 5.70. The summed E-state index contributed by atoms with van der Waals surface area (Å²) >= 11 is 0. The highest BCUT2D eigenvalue weighted by atomic mass is 15.1. The smallest absolute Gasteiger partial charge is 0.0537 e. The molecule has 2 nitrogen and oxygen atoms in total. The highest BCUT2D eigenvalue weighted by molar-refractivity contribution is 5.16. The van der Waals surface area contributed by atoms with E-state index in [0.29, 0.717) is 11.5 Å². The van der Waals surface area contributed by atoms with Crippen LogP contribution in [0.1, 0.15) is 25.6 Å². The number of aromatic nitrogens is 1. The van der Waals surface area contributed by atoms with Crippen LogP contribution in [0.25, 0.3) is 0 Å². The average Bonchev–Trinajstić information content (AvgIpc) is 2.38. The summed E-state index contributed by atoms with van der Waals surface area (Å²) in [4.78, 5) is 3.23. The Morgan fingerprint density at radius 3 is 2.73 bits per heavy atom. The van der Waals surface area contributed by atoms with Gasteiger partial charge in [-0.25, -0.2) is 0 Å². The average molecular weight is 150 g/mol. The van der Waals surface area contributed by atoms with E-state index in [1.165, 1.54) is 5.69 Å². The molecule has 2 N–H and O–H groups in total. The monoisotopic (exact) mass is 150 g/mol. The third kappa shape index (κ3) is 0.979. The molecule has 0 aliphatic carbocycles. The van der Waals surface area contributed by atoms with Gasteiger partial charge in [0.1, 0.15) is 0 Å². The van der Waals surface area contributed by atoms with E-state index in [9.17, 15) is 0 Å². The number of aromatic amines is 1. The molecule has 0 radical (unpaired) electrons. The number of hydrogen-bond acceptors (Lipinski definition) is 1. The van der Waals surface area contributed by atoms with Gasteiger partial charge in [0.25, 0.3) is 0 Å². The molecule has 2 heterocycles. The number of hydrogen-bond donors (Lipinski definition) is 2. The first-order chi connectivity index (χ1) is 5.20. The van der Waals surface area contributed by atoms with Gasteiger partial charge in [-0.15, -0.1) is 0 Å². The zero-order valence-electron chi connectivity index (χ0n) is 7.02. The molecule has 0 aromatic carbocycles. The van der Waals surface area contributed by atoms with Crippen LogP contribution in [0.5, 0.6) is 0 Å². The Morgan fingerprint density at radius 2 is 2.36 bits per heavy atom. The van der Waals surface area contributed by atoms with Gasteiger partial charge in [-0.05, 0) is 17.5 Å². The normalized spacial score (nSPS) is 28.0. The van der Waals surface area contributed by atoms with Crippen LogP contribution >= 0.6 is 0 Å². The molecule has 1 aromatic rings. The minimum absolute atomic E-state index is 0.421. The molecule has 0 saturated carbocycles. The van der Waals surface area contributed by atoms with Crippen molar-refractivity contribution in [3.63, 3.8) is 0 Å². The van der Waals surface area contributed by atoms with Gasteiger partial charge in [-0.3, -0.25) is 0 Å². The summed E-state index contributed by atoms with van der Waals surface area (Å²) in [6.07, 6.45) is 1.98. The lowest BCUT2D eigenvalue weighted by atomic mass is 9.76. The quantitative estimate of drug-likeness (QED) is 0.626. The van der Waals surface area contributed by atoms with Gasteiger partial charge in [0, 0.05) is 18.4 Å². The lowest BCUT2D eigenvalue weighted by molar-refractivity contribution is 0.125. The van der Waals surface area contributed by atoms with E-state index in [-0.39, 0.29) is 0 Å². The predicted octanol–water partition coefficient (Wildman–Crippen LogP) is 1.69. The second kappa shape index (κ2) is 2.11. The van der Waals surface area contributed by atoms with Gasteiger partial charge < -0.3 is 10.3 Å². The molecule has 1 atom stereocenters. The summed E-state index contributed by atoms with van der Waals surface area (Å²) in [5.74, 6) is 0. The van der Waals surface area contributed by atoms with E-state index in [0.717, 1.165) is 6.54 Å². The highest BCUT2D eigenvalue weighted by Crippen LogP contribution is 2.39. The van der Waals surface area contributed by atoms with Gasteiger partial charge in [-0.1, -0.05) is 13.8 Å². The molecule has 1 aromatic heterocycles. The van der Waals surface area contributed by atoms with E-state index in [1.807, 2.05) is 12.3 Å². The van der Waals surface area contributed by atoms with Crippen LogP contribution < -0.4 is 5.32 Å². The van der Waals surface area contributed by atoms with Crippen LogP contribution in [0.15, 0.2) is 18.3 Å². The fourth-order valence-corrected chi connectivity index (χ4v) is 1.67. The van der Waals surface area contributed by atoms with E-state index < -0.39 is 0 Å². The first-order valence-corrected chi connectivity index (χ1v) is 4.07. The fourth-order valence-electron chi connectivity index (χ4n) is 1.67. The van der Waals surface area contributed by atoms with Crippen molar-refractivity contribution in [3.05, 3.63) is 24.0 Å². The second-order valence-electron chi connectivity index (χ2n) is 3.93. The fraction of sp³-hybridized carbons (Fsp3) is 0.556. The van der Waals surface area contributed by atoms with Crippen molar-refractivity contribution < 1.29 is 0 Å². The molecular weight excluding hydrogens is 136 g/mol. The summed E-state index contributed by atoms with van der Waals surface area (Å²) < 4.78 is 0. The summed E-state index contributed by atoms with van der Waals surface area (Å²) in [5, 5.41) is 3.41. The SMILES string of the molecule is CC1(C)CNC1c1ccc[nH]1. The molecule has 1 aliphatic heterocycles. The molecular formula is C9H14N2. The lowest BCUT2D eigenvalue weighted by Crippen LogP contribution is -2.52. The maximum absolute atomic E-state index is 3.41. The molecule has 1 saturated heterocycles. The van der Waals surface area contributed by atoms with Crippen molar-refractivity contribution in [2.45, 2.75) is 19.9 Å². The topological polar surface area (TPSA) is 27.8 Å². The van der Waals surface area contributed by atoms with E-state index in [1.54, 1.807) is 0 Å². The van der Waals surface area contributed by atoms with Crippen LogP contribution in [0.4, 0.5) is 0 Å². The van der Waals surface area contributed by atoms with Crippen LogP contribution in [0, 0.1) is 5.41 Å². The molecule has 1 aliphatic rings.